The van der Waals surface area contributed by atoms with Crippen LogP contribution in [0.3, 0.4) is 0 Å². The van der Waals surface area contributed by atoms with E-state index in [9.17, 15) is 5.11 Å². The Morgan fingerprint density at radius 3 is 2.80 bits per heavy atom. The van der Waals surface area contributed by atoms with E-state index in [2.05, 4.69) is 22.5 Å². The standard InChI is InChI=1S/C16H24N2O2/c1-4-9-18-14-8-6-5-7-13(14)17-16(18)10-15(19)12(2)11-20-3/h5-8,12,15,19H,4,9-11H2,1-3H3. The zero-order valence-corrected chi connectivity index (χ0v) is 12.5. The summed E-state index contributed by atoms with van der Waals surface area (Å²) < 4.78 is 7.33. The number of imidazole rings is 1. The lowest BCUT2D eigenvalue weighted by Crippen LogP contribution is -2.25. The first kappa shape index (κ1) is 15.0. The summed E-state index contributed by atoms with van der Waals surface area (Å²) in [5.74, 6) is 1.07. The van der Waals surface area contributed by atoms with Crippen LogP contribution in [0.1, 0.15) is 26.1 Å². The van der Waals surface area contributed by atoms with Gasteiger partial charge >= 0.3 is 0 Å². The van der Waals surface area contributed by atoms with E-state index in [-0.39, 0.29) is 5.92 Å². The second-order valence-electron chi connectivity index (χ2n) is 5.37. The van der Waals surface area contributed by atoms with Gasteiger partial charge in [-0.25, -0.2) is 4.98 Å². The van der Waals surface area contributed by atoms with Gasteiger partial charge in [-0.3, -0.25) is 0 Å². The van der Waals surface area contributed by atoms with Gasteiger partial charge in [0.2, 0.25) is 0 Å². The third kappa shape index (κ3) is 3.19. The third-order valence-electron chi connectivity index (χ3n) is 3.66. The van der Waals surface area contributed by atoms with Crippen LogP contribution in [0.25, 0.3) is 11.0 Å². The lowest BCUT2D eigenvalue weighted by atomic mass is 10.0. The maximum absolute atomic E-state index is 10.3. The quantitative estimate of drug-likeness (QED) is 0.845. The van der Waals surface area contributed by atoms with E-state index < -0.39 is 6.10 Å². The molecule has 2 rings (SSSR count). The molecular formula is C16H24N2O2. The fourth-order valence-corrected chi connectivity index (χ4v) is 2.52. The van der Waals surface area contributed by atoms with Gasteiger partial charge in [0.1, 0.15) is 5.82 Å². The number of fused-ring (bicyclic) bond motifs is 1. The van der Waals surface area contributed by atoms with Gasteiger partial charge in [0, 0.05) is 26.0 Å². The number of benzene rings is 1. The second-order valence-corrected chi connectivity index (χ2v) is 5.37. The molecule has 110 valence electrons. The molecule has 4 heteroatoms. The molecule has 0 amide bonds. The number of nitrogens with zero attached hydrogens (tertiary/aromatic N) is 2. The van der Waals surface area contributed by atoms with Crippen molar-refractivity contribution in [3.8, 4) is 0 Å². The zero-order valence-electron chi connectivity index (χ0n) is 12.5. The summed E-state index contributed by atoms with van der Waals surface area (Å²) in [7, 11) is 1.66. The highest BCUT2D eigenvalue weighted by atomic mass is 16.5. The maximum atomic E-state index is 10.3. The Morgan fingerprint density at radius 2 is 2.10 bits per heavy atom. The first-order valence-electron chi connectivity index (χ1n) is 7.28. The number of methoxy groups -OCH3 is 1. The summed E-state index contributed by atoms with van der Waals surface area (Å²) in [6, 6.07) is 8.14. The Bertz CT molecular complexity index is 550. The Labute approximate surface area is 120 Å². The van der Waals surface area contributed by atoms with E-state index in [0.29, 0.717) is 13.0 Å². The van der Waals surface area contributed by atoms with Gasteiger partial charge in [-0.1, -0.05) is 26.0 Å². The van der Waals surface area contributed by atoms with Crippen molar-refractivity contribution in [2.75, 3.05) is 13.7 Å². The molecule has 0 saturated carbocycles. The average molecular weight is 276 g/mol. The second kappa shape index (κ2) is 6.86. The van der Waals surface area contributed by atoms with Crippen molar-refractivity contribution in [3.05, 3.63) is 30.1 Å². The van der Waals surface area contributed by atoms with Gasteiger partial charge in [-0.2, -0.15) is 0 Å². The number of aryl methyl sites for hydroxylation is 1. The highest BCUT2D eigenvalue weighted by molar-refractivity contribution is 5.75. The van der Waals surface area contributed by atoms with Gasteiger partial charge in [-0.05, 0) is 18.6 Å². The van der Waals surface area contributed by atoms with Crippen LogP contribution in [-0.2, 0) is 17.7 Å². The van der Waals surface area contributed by atoms with E-state index in [0.717, 1.165) is 29.8 Å². The molecule has 1 N–H and O–H groups in total. The van der Waals surface area contributed by atoms with Crippen LogP contribution in [0.2, 0.25) is 0 Å². The van der Waals surface area contributed by atoms with E-state index in [1.54, 1.807) is 7.11 Å². The van der Waals surface area contributed by atoms with E-state index >= 15 is 0 Å². The van der Waals surface area contributed by atoms with Crippen LogP contribution in [-0.4, -0.2) is 34.5 Å². The van der Waals surface area contributed by atoms with Gasteiger partial charge in [-0.15, -0.1) is 0 Å². The van der Waals surface area contributed by atoms with Gasteiger partial charge in [0.05, 0.1) is 23.7 Å². The molecule has 0 aliphatic carbocycles. The van der Waals surface area contributed by atoms with Crippen LogP contribution in [0, 0.1) is 5.92 Å². The first-order chi connectivity index (χ1) is 9.67. The summed E-state index contributed by atoms with van der Waals surface area (Å²) in [6.07, 6.45) is 1.19. The molecule has 0 aliphatic rings. The fraction of sp³-hybridized carbons (Fsp3) is 0.562. The minimum absolute atomic E-state index is 0.106. The molecule has 0 fully saturated rings. The monoisotopic (exact) mass is 276 g/mol. The van der Waals surface area contributed by atoms with E-state index in [1.165, 1.54) is 0 Å². The zero-order chi connectivity index (χ0) is 14.5. The van der Waals surface area contributed by atoms with Crippen molar-refractivity contribution in [3.63, 3.8) is 0 Å². The molecule has 0 aliphatic heterocycles. The first-order valence-corrected chi connectivity index (χ1v) is 7.28. The summed E-state index contributed by atoms with van der Waals surface area (Å²) in [5, 5.41) is 10.3. The molecule has 20 heavy (non-hydrogen) atoms. The maximum Gasteiger partial charge on any atom is 0.112 e. The van der Waals surface area contributed by atoms with Crippen LogP contribution in [0.15, 0.2) is 24.3 Å². The molecule has 2 unspecified atom stereocenters. The van der Waals surface area contributed by atoms with Gasteiger partial charge < -0.3 is 14.4 Å². The van der Waals surface area contributed by atoms with Crippen molar-refractivity contribution < 1.29 is 9.84 Å². The Morgan fingerprint density at radius 1 is 1.35 bits per heavy atom. The molecule has 2 aromatic rings. The Balaban J connectivity index is 2.26. The smallest absolute Gasteiger partial charge is 0.112 e. The predicted octanol–water partition coefficient (Wildman–Crippen LogP) is 2.63. The topological polar surface area (TPSA) is 47.3 Å². The Kier molecular flexibility index (Phi) is 5.15. The van der Waals surface area contributed by atoms with Gasteiger partial charge in [0.25, 0.3) is 0 Å². The van der Waals surface area contributed by atoms with Gasteiger partial charge in [0.15, 0.2) is 0 Å². The predicted molar refractivity (Wildman–Crippen MR) is 80.8 cm³/mol. The Hall–Kier alpha value is -1.39. The van der Waals surface area contributed by atoms with Crippen molar-refractivity contribution in [2.24, 2.45) is 5.92 Å². The van der Waals surface area contributed by atoms with Crippen molar-refractivity contribution in [1.82, 2.24) is 9.55 Å². The molecule has 0 spiro atoms. The average Bonchev–Trinajstić information content (AvgIpc) is 2.78. The summed E-state index contributed by atoms with van der Waals surface area (Å²) in [6.45, 7) is 5.65. The summed E-state index contributed by atoms with van der Waals surface area (Å²) >= 11 is 0. The molecule has 1 aromatic heterocycles. The number of aromatic nitrogens is 2. The van der Waals surface area contributed by atoms with E-state index in [4.69, 9.17) is 4.74 Å². The number of aliphatic hydroxyl groups is 1. The molecule has 1 aromatic carbocycles. The minimum Gasteiger partial charge on any atom is -0.392 e. The molecule has 4 nitrogen and oxygen atoms in total. The summed E-state index contributed by atoms with van der Waals surface area (Å²) in [4.78, 5) is 4.68. The lowest BCUT2D eigenvalue weighted by molar-refractivity contribution is 0.0558. The highest BCUT2D eigenvalue weighted by Gasteiger charge is 2.19. The number of para-hydroxylation sites is 2. The van der Waals surface area contributed by atoms with Crippen LogP contribution >= 0.6 is 0 Å². The van der Waals surface area contributed by atoms with Crippen molar-refractivity contribution >= 4 is 11.0 Å². The number of rotatable bonds is 7. The van der Waals surface area contributed by atoms with Crippen molar-refractivity contribution in [2.45, 2.75) is 39.3 Å². The third-order valence-corrected chi connectivity index (χ3v) is 3.66. The molecule has 1 heterocycles. The number of hydrogen-bond donors (Lipinski definition) is 1. The highest BCUT2D eigenvalue weighted by Crippen LogP contribution is 2.19. The van der Waals surface area contributed by atoms with E-state index in [1.807, 2.05) is 25.1 Å². The normalized spacial score (nSPS) is 14.6. The van der Waals surface area contributed by atoms with Crippen LogP contribution in [0.4, 0.5) is 0 Å². The minimum atomic E-state index is -0.428. The molecule has 0 saturated heterocycles. The number of hydrogen-bond acceptors (Lipinski definition) is 3. The molecular weight excluding hydrogens is 252 g/mol. The number of aliphatic hydroxyl groups excluding tert-OH is 1. The molecule has 0 bridgehead atoms. The van der Waals surface area contributed by atoms with Crippen LogP contribution in [0.5, 0.6) is 0 Å². The van der Waals surface area contributed by atoms with Crippen molar-refractivity contribution in [1.29, 1.82) is 0 Å². The molecule has 2 atom stereocenters. The molecule has 0 radical (unpaired) electrons. The lowest BCUT2D eigenvalue weighted by Gasteiger charge is -2.18. The SMILES string of the molecule is CCCn1c(CC(O)C(C)COC)nc2ccccc21. The largest absolute Gasteiger partial charge is 0.392 e. The fourth-order valence-electron chi connectivity index (χ4n) is 2.52. The number of ether oxygens (including phenoxy) is 1. The summed E-state index contributed by atoms with van der Waals surface area (Å²) in [5.41, 5.74) is 2.15. The van der Waals surface area contributed by atoms with Crippen LogP contribution < -0.4 is 0 Å².